The van der Waals surface area contributed by atoms with Crippen LogP contribution >= 0.6 is 15.9 Å². The second-order valence-corrected chi connectivity index (χ2v) is 6.10. The van der Waals surface area contributed by atoms with Crippen LogP contribution in [-0.2, 0) is 11.0 Å². The van der Waals surface area contributed by atoms with Gasteiger partial charge in [-0.05, 0) is 40.7 Å². The van der Waals surface area contributed by atoms with Crippen molar-refractivity contribution in [3.63, 3.8) is 0 Å². The normalized spacial score (nSPS) is 16.5. The average molecular weight is 395 g/mol. The molecule has 0 radical (unpaired) electrons. The largest absolute Gasteiger partial charge is 0.483 e. The maximum atomic E-state index is 12.7. The summed E-state index contributed by atoms with van der Waals surface area (Å²) in [6, 6.07) is 3.12. The lowest BCUT2D eigenvalue weighted by atomic mass is 10.2. The average Bonchev–Trinajstić information content (AvgIpc) is 2.52. The molecule has 0 unspecified atom stereocenters. The SMILES string of the molecule is CCN1CCN(C(=O)COc2cc(C(F)(F)F)ccc2Br)CC1. The molecule has 1 saturated heterocycles. The fourth-order valence-electron chi connectivity index (χ4n) is 2.33. The van der Waals surface area contributed by atoms with E-state index in [1.54, 1.807) is 4.90 Å². The van der Waals surface area contributed by atoms with Gasteiger partial charge in [-0.3, -0.25) is 4.79 Å². The van der Waals surface area contributed by atoms with Crippen molar-refractivity contribution in [1.82, 2.24) is 9.80 Å². The van der Waals surface area contributed by atoms with Crippen molar-refractivity contribution in [1.29, 1.82) is 0 Å². The Balaban J connectivity index is 1.94. The first-order chi connectivity index (χ1) is 10.8. The van der Waals surface area contributed by atoms with Crippen molar-refractivity contribution >= 4 is 21.8 Å². The number of amides is 1. The molecule has 0 aliphatic carbocycles. The van der Waals surface area contributed by atoms with Gasteiger partial charge >= 0.3 is 6.18 Å². The molecule has 128 valence electrons. The summed E-state index contributed by atoms with van der Waals surface area (Å²) in [6.07, 6.45) is -4.45. The zero-order valence-electron chi connectivity index (χ0n) is 12.7. The maximum absolute atomic E-state index is 12.7. The van der Waals surface area contributed by atoms with Gasteiger partial charge in [0.1, 0.15) is 5.75 Å². The summed E-state index contributed by atoms with van der Waals surface area (Å²) in [4.78, 5) is 16.0. The van der Waals surface area contributed by atoms with Crippen LogP contribution in [0.2, 0.25) is 0 Å². The lowest BCUT2D eigenvalue weighted by molar-refractivity contribution is -0.137. The molecule has 23 heavy (non-hydrogen) atoms. The molecule has 0 saturated carbocycles. The number of piperazine rings is 1. The molecule has 0 N–H and O–H groups in total. The minimum absolute atomic E-state index is 0.0142. The number of benzene rings is 1. The van der Waals surface area contributed by atoms with Crippen LogP contribution in [-0.4, -0.2) is 55.0 Å². The molecule has 1 amide bonds. The number of carbonyl (C=O) groups is 1. The van der Waals surface area contributed by atoms with Gasteiger partial charge < -0.3 is 14.5 Å². The van der Waals surface area contributed by atoms with E-state index in [2.05, 4.69) is 27.8 Å². The highest BCUT2D eigenvalue weighted by atomic mass is 79.9. The standard InChI is InChI=1S/C15H18BrF3N2O2/c1-2-20-5-7-21(8-6-20)14(22)10-23-13-9-11(15(17,18)19)3-4-12(13)16/h3-4,9H,2,5-8,10H2,1H3. The molecule has 1 aromatic carbocycles. The first kappa shape index (κ1) is 18.1. The highest BCUT2D eigenvalue weighted by Crippen LogP contribution is 2.35. The van der Waals surface area contributed by atoms with Crippen LogP contribution in [0.4, 0.5) is 13.2 Å². The van der Waals surface area contributed by atoms with E-state index >= 15 is 0 Å². The van der Waals surface area contributed by atoms with Gasteiger partial charge in [0.15, 0.2) is 6.61 Å². The second kappa shape index (κ2) is 7.53. The molecule has 1 aliphatic rings. The number of carbonyl (C=O) groups excluding carboxylic acids is 1. The number of nitrogens with zero attached hydrogens (tertiary/aromatic N) is 2. The molecule has 2 rings (SSSR count). The third kappa shape index (κ3) is 4.84. The van der Waals surface area contributed by atoms with Crippen LogP contribution in [0.25, 0.3) is 0 Å². The predicted molar refractivity (Wildman–Crippen MR) is 83.3 cm³/mol. The van der Waals surface area contributed by atoms with E-state index in [1.807, 2.05) is 0 Å². The smallest absolute Gasteiger partial charge is 0.416 e. The zero-order chi connectivity index (χ0) is 17.0. The monoisotopic (exact) mass is 394 g/mol. The summed E-state index contributed by atoms with van der Waals surface area (Å²) in [7, 11) is 0. The van der Waals surface area contributed by atoms with E-state index in [0.29, 0.717) is 17.6 Å². The number of halogens is 4. The molecule has 0 spiro atoms. The second-order valence-electron chi connectivity index (χ2n) is 5.25. The first-order valence-electron chi connectivity index (χ1n) is 7.31. The van der Waals surface area contributed by atoms with Gasteiger partial charge in [-0.25, -0.2) is 0 Å². The van der Waals surface area contributed by atoms with E-state index in [4.69, 9.17) is 4.74 Å². The number of rotatable bonds is 4. The summed E-state index contributed by atoms with van der Waals surface area (Å²) < 4.78 is 43.8. The summed E-state index contributed by atoms with van der Waals surface area (Å²) in [5.74, 6) is -0.203. The molecule has 4 nitrogen and oxygen atoms in total. The molecular weight excluding hydrogens is 377 g/mol. The Morgan fingerprint density at radius 3 is 2.48 bits per heavy atom. The summed E-state index contributed by atoms with van der Waals surface area (Å²) in [5.41, 5.74) is -0.806. The molecule has 1 heterocycles. The van der Waals surface area contributed by atoms with E-state index < -0.39 is 11.7 Å². The quantitative estimate of drug-likeness (QED) is 0.786. The molecular formula is C15H18BrF3N2O2. The Kier molecular flexibility index (Phi) is 5.91. The lowest BCUT2D eigenvalue weighted by Crippen LogP contribution is -2.49. The number of ether oxygens (including phenoxy) is 1. The molecule has 1 aliphatic heterocycles. The number of alkyl halides is 3. The zero-order valence-corrected chi connectivity index (χ0v) is 14.3. The van der Waals surface area contributed by atoms with Gasteiger partial charge in [0, 0.05) is 26.2 Å². The van der Waals surface area contributed by atoms with E-state index in [9.17, 15) is 18.0 Å². The van der Waals surface area contributed by atoms with Gasteiger partial charge in [-0.15, -0.1) is 0 Å². The van der Waals surface area contributed by atoms with Gasteiger partial charge in [-0.2, -0.15) is 13.2 Å². The van der Waals surface area contributed by atoms with Crippen LogP contribution in [0.3, 0.4) is 0 Å². The van der Waals surface area contributed by atoms with Crippen molar-refractivity contribution in [2.45, 2.75) is 13.1 Å². The van der Waals surface area contributed by atoms with Crippen LogP contribution < -0.4 is 4.74 Å². The summed E-state index contributed by atoms with van der Waals surface area (Å²) in [6.45, 7) is 5.55. The van der Waals surface area contributed by atoms with Crippen LogP contribution in [0.5, 0.6) is 5.75 Å². The van der Waals surface area contributed by atoms with Crippen molar-refractivity contribution in [3.8, 4) is 5.75 Å². The number of hydrogen-bond donors (Lipinski definition) is 0. The van der Waals surface area contributed by atoms with Crippen molar-refractivity contribution < 1.29 is 22.7 Å². The van der Waals surface area contributed by atoms with Gasteiger partial charge in [0.2, 0.25) is 0 Å². The molecule has 8 heteroatoms. The first-order valence-corrected chi connectivity index (χ1v) is 8.10. The number of likely N-dealkylation sites (N-methyl/N-ethyl adjacent to an activating group) is 1. The lowest BCUT2D eigenvalue weighted by Gasteiger charge is -2.34. The highest BCUT2D eigenvalue weighted by Gasteiger charge is 2.31. The van der Waals surface area contributed by atoms with E-state index in [1.165, 1.54) is 6.07 Å². The number of hydrogen-bond acceptors (Lipinski definition) is 3. The van der Waals surface area contributed by atoms with Crippen LogP contribution in [0.15, 0.2) is 22.7 Å². The molecule has 0 aromatic heterocycles. The maximum Gasteiger partial charge on any atom is 0.416 e. The minimum Gasteiger partial charge on any atom is -0.483 e. The van der Waals surface area contributed by atoms with E-state index in [-0.39, 0.29) is 18.3 Å². The fourth-order valence-corrected chi connectivity index (χ4v) is 2.70. The Hall–Kier alpha value is -1.28. The topological polar surface area (TPSA) is 32.8 Å². The van der Waals surface area contributed by atoms with Gasteiger partial charge in [0.05, 0.1) is 10.0 Å². The third-order valence-corrected chi connectivity index (χ3v) is 4.44. The molecule has 1 fully saturated rings. The Morgan fingerprint density at radius 2 is 1.91 bits per heavy atom. The van der Waals surface area contributed by atoms with E-state index in [0.717, 1.165) is 31.8 Å². The van der Waals surface area contributed by atoms with Crippen molar-refractivity contribution in [2.75, 3.05) is 39.3 Å². The fraction of sp³-hybridized carbons (Fsp3) is 0.533. The van der Waals surface area contributed by atoms with Crippen molar-refractivity contribution in [2.24, 2.45) is 0 Å². The predicted octanol–water partition coefficient (Wildman–Crippen LogP) is 3.01. The Labute approximate surface area is 141 Å². The Morgan fingerprint density at radius 1 is 1.26 bits per heavy atom. The minimum atomic E-state index is -4.45. The third-order valence-electron chi connectivity index (χ3n) is 3.78. The highest BCUT2D eigenvalue weighted by molar-refractivity contribution is 9.10. The molecule has 1 aromatic rings. The van der Waals surface area contributed by atoms with Crippen LogP contribution in [0, 0.1) is 0 Å². The van der Waals surface area contributed by atoms with Crippen molar-refractivity contribution in [3.05, 3.63) is 28.2 Å². The molecule has 0 bridgehead atoms. The summed E-state index contributed by atoms with van der Waals surface area (Å²) in [5, 5.41) is 0. The van der Waals surface area contributed by atoms with Crippen LogP contribution in [0.1, 0.15) is 12.5 Å². The molecule has 0 atom stereocenters. The summed E-state index contributed by atoms with van der Waals surface area (Å²) >= 11 is 3.14. The van der Waals surface area contributed by atoms with Gasteiger partial charge in [0.25, 0.3) is 5.91 Å². The van der Waals surface area contributed by atoms with Gasteiger partial charge in [-0.1, -0.05) is 6.92 Å². The Bertz CT molecular complexity index is 558.